The molecule has 0 saturated carbocycles. The summed E-state index contributed by atoms with van der Waals surface area (Å²) in [5, 5.41) is 3.62. The predicted molar refractivity (Wildman–Crippen MR) is 96.8 cm³/mol. The van der Waals surface area contributed by atoms with Crippen molar-refractivity contribution in [2.24, 2.45) is 0 Å². The van der Waals surface area contributed by atoms with Crippen LogP contribution in [0.15, 0.2) is 33.7 Å². The monoisotopic (exact) mass is 415 g/mol. The number of likely N-dealkylation sites (tertiary alicyclic amines) is 1. The van der Waals surface area contributed by atoms with Crippen molar-refractivity contribution < 1.29 is 27.2 Å². The Morgan fingerprint density at radius 2 is 2.11 bits per heavy atom. The summed E-state index contributed by atoms with van der Waals surface area (Å²) in [6.45, 7) is 3.74. The third-order valence-corrected chi connectivity index (χ3v) is 5.47. The van der Waals surface area contributed by atoms with E-state index in [2.05, 4.69) is 14.7 Å². The van der Waals surface area contributed by atoms with Crippen molar-refractivity contribution in [2.75, 3.05) is 19.7 Å². The Morgan fingerprint density at radius 1 is 1.36 bits per heavy atom. The zero-order valence-electron chi connectivity index (χ0n) is 15.2. The molecule has 6 nitrogen and oxygen atoms in total. The van der Waals surface area contributed by atoms with E-state index >= 15 is 0 Å². The molecular formula is C18H20F3N3O3S. The van der Waals surface area contributed by atoms with E-state index in [1.807, 2.05) is 6.92 Å². The number of amides is 1. The summed E-state index contributed by atoms with van der Waals surface area (Å²) in [5.74, 6) is -1.47. The number of hydrogen-bond donors (Lipinski definition) is 0. The van der Waals surface area contributed by atoms with Crippen LogP contribution in [-0.4, -0.2) is 46.1 Å². The number of aromatic nitrogens is 2. The molecule has 1 aliphatic rings. The molecule has 10 heteroatoms. The number of alkyl halides is 3. The number of rotatable bonds is 6. The van der Waals surface area contributed by atoms with E-state index in [0.29, 0.717) is 25.3 Å². The van der Waals surface area contributed by atoms with Crippen LogP contribution >= 0.6 is 11.8 Å². The molecule has 1 fully saturated rings. The fourth-order valence-corrected chi connectivity index (χ4v) is 3.87. The zero-order chi connectivity index (χ0) is 20.1. The smallest absolute Gasteiger partial charge is 0.449 e. The van der Waals surface area contributed by atoms with Gasteiger partial charge < -0.3 is 14.2 Å². The lowest BCUT2D eigenvalue weighted by Crippen LogP contribution is -2.30. The molecule has 1 saturated heterocycles. The van der Waals surface area contributed by atoms with Crippen molar-refractivity contribution in [1.82, 2.24) is 15.0 Å². The number of carbonyl (C=O) groups is 1. The van der Waals surface area contributed by atoms with Gasteiger partial charge in [-0.2, -0.15) is 18.2 Å². The van der Waals surface area contributed by atoms with E-state index in [9.17, 15) is 18.0 Å². The number of benzene rings is 1. The molecule has 1 aliphatic heterocycles. The molecule has 1 unspecified atom stereocenters. The van der Waals surface area contributed by atoms with Gasteiger partial charge in [-0.05, 0) is 37.1 Å². The molecule has 152 valence electrons. The van der Waals surface area contributed by atoms with Crippen molar-refractivity contribution >= 4 is 17.9 Å². The summed E-state index contributed by atoms with van der Waals surface area (Å²) >= 11 is 1.62. The molecule has 1 aromatic carbocycles. The van der Waals surface area contributed by atoms with Crippen LogP contribution in [0.1, 0.15) is 32.1 Å². The van der Waals surface area contributed by atoms with Crippen molar-refractivity contribution in [3.63, 3.8) is 0 Å². The molecule has 1 atom stereocenters. The average molecular weight is 415 g/mol. The molecular weight excluding hydrogens is 395 g/mol. The average Bonchev–Trinajstić information content (AvgIpc) is 3.32. The maximum absolute atomic E-state index is 12.5. The minimum absolute atomic E-state index is 0.106. The lowest BCUT2D eigenvalue weighted by Gasteiger charge is -2.16. The first-order valence-electron chi connectivity index (χ1n) is 8.96. The molecule has 1 amide bonds. The molecule has 2 heterocycles. The highest BCUT2D eigenvalue weighted by molar-refractivity contribution is 8.00. The number of ether oxygens (including phenoxy) is 1. The molecule has 28 heavy (non-hydrogen) atoms. The standard InChI is InChI=1S/C18H20F3N3O3S/c1-2-3-10-26-17(25)24-9-8-14(11-24)28-13-6-4-12(5-7-13)15-22-16(27-23-15)18(19,20)21/h4-7,14H,2-3,8-11H2,1H3. The molecule has 0 bridgehead atoms. The van der Waals surface area contributed by atoms with E-state index in [1.54, 1.807) is 40.9 Å². The third kappa shape index (κ3) is 5.18. The molecule has 0 aliphatic carbocycles. The minimum atomic E-state index is -4.66. The van der Waals surface area contributed by atoms with Gasteiger partial charge in [0.15, 0.2) is 0 Å². The van der Waals surface area contributed by atoms with Crippen LogP contribution in [0.2, 0.25) is 0 Å². The Morgan fingerprint density at radius 3 is 2.75 bits per heavy atom. The number of hydrogen-bond acceptors (Lipinski definition) is 6. The molecule has 0 radical (unpaired) electrons. The molecule has 1 aromatic heterocycles. The third-order valence-electron chi connectivity index (χ3n) is 4.21. The molecule has 0 spiro atoms. The van der Waals surface area contributed by atoms with E-state index in [1.165, 1.54) is 0 Å². The first-order valence-corrected chi connectivity index (χ1v) is 9.84. The van der Waals surface area contributed by atoms with Gasteiger partial charge in [-0.25, -0.2) is 4.79 Å². The van der Waals surface area contributed by atoms with Gasteiger partial charge in [0, 0.05) is 28.8 Å². The maximum atomic E-state index is 12.5. The number of halogens is 3. The van der Waals surface area contributed by atoms with Crippen LogP contribution in [0.3, 0.4) is 0 Å². The van der Waals surface area contributed by atoms with Gasteiger partial charge in [0.1, 0.15) is 0 Å². The summed E-state index contributed by atoms with van der Waals surface area (Å²) in [7, 11) is 0. The van der Waals surface area contributed by atoms with Crippen molar-refractivity contribution in [1.29, 1.82) is 0 Å². The first kappa shape index (κ1) is 20.5. The largest absolute Gasteiger partial charge is 0.471 e. The van der Waals surface area contributed by atoms with Gasteiger partial charge in [0.2, 0.25) is 5.82 Å². The first-order chi connectivity index (χ1) is 13.4. The summed E-state index contributed by atoms with van der Waals surface area (Å²) in [5.41, 5.74) is 0.441. The summed E-state index contributed by atoms with van der Waals surface area (Å²) < 4.78 is 47.1. The molecule has 0 N–H and O–H groups in total. The number of thioether (sulfide) groups is 1. The van der Waals surface area contributed by atoms with Crippen LogP contribution in [0.25, 0.3) is 11.4 Å². The predicted octanol–water partition coefficient (Wildman–Crippen LogP) is 4.86. The second kappa shape index (κ2) is 8.85. The Balaban J connectivity index is 1.54. The van der Waals surface area contributed by atoms with Gasteiger partial charge in [-0.15, -0.1) is 11.8 Å². The molecule has 3 rings (SSSR count). The van der Waals surface area contributed by atoms with E-state index in [0.717, 1.165) is 24.2 Å². The Bertz CT molecular complexity index is 795. The Kier molecular flexibility index (Phi) is 6.48. The number of unbranched alkanes of at least 4 members (excludes halogenated alkanes) is 1. The van der Waals surface area contributed by atoms with Gasteiger partial charge in [-0.1, -0.05) is 18.5 Å². The van der Waals surface area contributed by atoms with E-state index in [-0.39, 0.29) is 17.2 Å². The summed E-state index contributed by atoms with van der Waals surface area (Å²) in [6, 6.07) is 6.90. The number of nitrogens with zero attached hydrogens (tertiary/aromatic N) is 3. The Hall–Kier alpha value is -2.23. The fourth-order valence-electron chi connectivity index (χ4n) is 2.72. The van der Waals surface area contributed by atoms with Gasteiger partial charge in [0.25, 0.3) is 0 Å². The van der Waals surface area contributed by atoms with Gasteiger partial charge >= 0.3 is 18.2 Å². The SMILES string of the molecule is CCCCOC(=O)N1CCC(Sc2ccc(-c3noc(C(F)(F)F)n3)cc2)C1. The second-order valence-electron chi connectivity index (χ2n) is 6.39. The zero-order valence-corrected chi connectivity index (χ0v) is 16.1. The Labute approximate surface area is 164 Å². The highest BCUT2D eigenvalue weighted by Crippen LogP contribution is 2.32. The topological polar surface area (TPSA) is 68.5 Å². The normalized spacial score (nSPS) is 17.1. The minimum Gasteiger partial charge on any atom is -0.449 e. The lowest BCUT2D eigenvalue weighted by atomic mass is 10.2. The fraction of sp³-hybridized carbons (Fsp3) is 0.500. The van der Waals surface area contributed by atoms with Crippen LogP contribution in [0.5, 0.6) is 0 Å². The maximum Gasteiger partial charge on any atom is 0.471 e. The van der Waals surface area contributed by atoms with E-state index in [4.69, 9.17) is 4.74 Å². The van der Waals surface area contributed by atoms with Crippen molar-refractivity contribution in [3.05, 3.63) is 30.2 Å². The molecule has 2 aromatic rings. The lowest BCUT2D eigenvalue weighted by molar-refractivity contribution is -0.159. The quantitative estimate of drug-likeness (QED) is 0.628. The summed E-state index contributed by atoms with van der Waals surface area (Å²) in [6.07, 6.45) is -2.25. The van der Waals surface area contributed by atoms with Crippen LogP contribution in [-0.2, 0) is 10.9 Å². The van der Waals surface area contributed by atoms with Crippen molar-refractivity contribution in [2.45, 2.75) is 42.5 Å². The highest BCUT2D eigenvalue weighted by Gasteiger charge is 2.38. The highest BCUT2D eigenvalue weighted by atomic mass is 32.2. The van der Waals surface area contributed by atoms with Crippen LogP contribution in [0, 0.1) is 0 Å². The van der Waals surface area contributed by atoms with Crippen molar-refractivity contribution in [3.8, 4) is 11.4 Å². The van der Waals surface area contributed by atoms with Crippen LogP contribution < -0.4 is 0 Å². The second-order valence-corrected chi connectivity index (χ2v) is 7.76. The summed E-state index contributed by atoms with van der Waals surface area (Å²) in [4.78, 5) is 18.0. The van der Waals surface area contributed by atoms with Gasteiger partial charge in [-0.3, -0.25) is 0 Å². The van der Waals surface area contributed by atoms with E-state index < -0.39 is 12.1 Å². The van der Waals surface area contributed by atoms with Crippen LogP contribution in [0.4, 0.5) is 18.0 Å². The number of carbonyl (C=O) groups excluding carboxylic acids is 1. The van der Waals surface area contributed by atoms with Gasteiger partial charge in [0.05, 0.1) is 6.61 Å².